The molecule has 3 aromatic carbocycles. The van der Waals surface area contributed by atoms with Crippen molar-refractivity contribution in [1.82, 2.24) is 14.9 Å². The average molecular weight is 495 g/mol. The zero-order chi connectivity index (χ0) is 23.8. The van der Waals surface area contributed by atoms with Crippen molar-refractivity contribution in [2.45, 2.75) is 19.5 Å². The lowest BCUT2D eigenvalue weighted by Crippen LogP contribution is -2.30. The second kappa shape index (κ2) is 9.00. The molecule has 34 heavy (non-hydrogen) atoms. The number of imidazole rings is 1. The van der Waals surface area contributed by atoms with E-state index in [9.17, 15) is 9.59 Å². The number of hydrogen-bond donors (Lipinski definition) is 2. The standard InChI is InChI=1S/C25H20Cl2N4O3/c1-14(15-9-10-21-19(11-15)29-23(33)13-34-21)28-22(32)12-31-20-8-3-2-7-18(20)30-25(31)16-5-4-6-17(26)24(16)27/h2-11,14H,12-13H2,1H3,(H,28,32)(H,29,33). The van der Waals surface area contributed by atoms with Gasteiger partial charge >= 0.3 is 0 Å². The van der Waals surface area contributed by atoms with E-state index < -0.39 is 0 Å². The minimum absolute atomic E-state index is 0.00350. The molecule has 1 aliphatic heterocycles. The van der Waals surface area contributed by atoms with Gasteiger partial charge in [-0.15, -0.1) is 0 Å². The molecule has 4 aromatic rings. The van der Waals surface area contributed by atoms with Crippen LogP contribution in [0.15, 0.2) is 60.7 Å². The van der Waals surface area contributed by atoms with E-state index in [2.05, 4.69) is 10.6 Å². The van der Waals surface area contributed by atoms with Gasteiger partial charge in [-0.1, -0.05) is 47.5 Å². The van der Waals surface area contributed by atoms with Crippen LogP contribution in [-0.4, -0.2) is 28.0 Å². The fourth-order valence-electron chi connectivity index (χ4n) is 4.00. The fourth-order valence-corrected chi connectivity index (χ4v) is 4.39. The zero-order valence-electron chi connectivity index (χ0n) is 18.1. The minimum atomic E-state index is -0.301. The van der Waals surface area contributed by atoms with Crippen molar-refractivity contribution in [3.63, 3.8) is 0 Å². The number of rotatable bonds is 5. The lowest BCUT2D eigenvalue weighted by atomic mass is 10.1. The van der Waals surface area contributed by atoms with Gasteiger partial charge in [0, 0.05) is 5.56 Å². The molecule has 172 valence electrons. The molecular weight excluding hydrogens is 475 g/mol. The van der Waals surface area contributed by atoms with Crippen LogP contribution in [0.4, 0.5) is 5.69 Å². The molecule has 2 heterocycles. The Balaban J connectivity index is 1.42. The van der Waals surface area contributed by atoms with Crippen LogP contribution in [0.5, 0.6) is 5.75 Å². The van der Waals surface area contributed by atoms with Crippen LogP contribution in [0, 0.1) is 0 Å². The topological polar surface area (TPSA) is 85.3 Å². The number of amides is 2. The molecule has 0 saturated carbocycles. The predicted molar refractivity (Wildman–Crippen MR) is 132 cm³/mol. The van der Waals surface area contributed by atoms with Crippen LogP contribution in [0.2, 0.25) is 10.0 Å². The molecule has 0 spiro atoms. The van der Waals surface area contributed by atoms with Gasteiger partial charge in [-0.25, -0.2) is 4.98 Å². The number of halogens is 2. The van der Waals surface area contributed by atoms with Crippen molar-refractivity contribution >= 4 is 51.7 Å². The zero-order valence-corrected chi connectivity index (χ0v) is 19.7. The summed E-state index contributed by atoms with van der Waals surface area (Å²) in [5.41, 5.74) is 3.64. The van der Waals surface area contributed by atoms with Gasteiger partial charge in [0.2, 0.25) is 5.91 Å². The second-order valence-corrected chi connectivity index (χ2v) is 8.78. The Morgan fingerprint density at radius 2 is 2.00 bits per heavy atom. The van der Waals surface area contributed by atoms with Crippen molar-refractivity contribution in [2.24, 2.45) is 0 Å². The SMILES string of the molecule is CC(NC(=O)Cn1c(-c2cccc(Cl)c2Cl)nc2ccccc21)c1ccc2c(c1)NC(=O)CO2. The van der Waals surface area contributed by atoms with E-state index in [0.29, 0.717) is 32.9 Å². The molecule has 1 aliphatic rings. The van der Waals surface area contributed by atoms with E-state index in [0.717, 1.165) is 16.6 Å². The van der Waals surface area contributed by atoms with Crippen LogP contribution >= 0.6 is 23.2 Å². The number of ether oxygens (including phenoxy) is 1. The van der Waals surface area contributed by atoms with E-state index >= 15 is 0 Å². The molecule has 0 bridgehead atoms. The van der Waals surface area contributed by atoms with Crippen molar-refractivity contribution in [3.05, 3.63) is 76.3 Å². The lowest BCUT2D eigenvalue weighted by molar-refractivity contribution is -0.122. The summed E-state index contributed by atoms with van der Waals surface area (Å²) in [6, 6.07) is 18.1. The molecule has 1 unspecified atom stereocenters. The predicted octanol–water partition coefficient (Wildman–Crippen LogP) is 5.22. The third-order valence-corrected chi connectivity index (χ3v) is 6.48. The van der Waals surface area contributed by atoms with Gasteiger partial charge in [-0.3, -0.25) is 9.59 Å². The molecule has 5 rings (SSSR count). The molecule has 7 nitrogen and oxygen atoms in total. The molecule has 1 atom stereocenters. The number of aromatic nitrogens is 2. The van der Waals surface area contributed by atoms with Gasteiger partial charge in [0.1, 0.15) is 18.1 Å². The number of benzene rings is 3. The van der Waals surface area contributed by atoms with E-state index in [1.54, 1.807) is 24.3 Å². The summed E-state index contributed by atoms with van der Waals surface area (Å²) in [6.45, 7) is 1.91. The first-order valence-electron chi connectivity index (χ1n) is 10.7. The highest BCUT2D eigenvalue weighted by atomic mass is 35.5. The fraction of sp³-hybridized carbons (Fsp3) is 0.160. The van der Waals surface area contributed by atoms with Crippen molar-refractivity contribution in [2.75, 3.05) is 11.9 Å². The molecule has 0 aliphatic carbocycles. The molecule has 1 aromatic heterocycles. The number of anilines is 1. The number of para-hydroxylation sites is 2. The van der Waals surface area contributed by atoms with Gasteiger partial charge in [0.25, 0.3) is 5.91 Å². The van der Waals surface area contributed by atoms with Crippen LogP contribution in [0.25, 0.3) is 22.4 Å². The number of carbonyl (C=O) groups is 2. The number of fused-ring (bicyclic) bond motifs is 2. The molecule has 2 N–H and O–H groups in total. The molecule has 2 amide bonds. The highest BCUT2D eigenvalue weighted by Crippen LogP contribution is 2.35. The Morgan fingerprint density at radius 1 is 1.18 bits per heavy atom. The Labute approximate surface area is 205 Å². The maximum Gasteiger partial charge on any atom is 0.262 e. The smallest absolute Gasteiger partial charge is 0.262 e. The monoisotopic (exact) mass is 494 g/mol. The Bertz CT molecular complexity index is 1430. The summed E-state index contributed by atoms with van der Waals surface area (Å²) in [5.74, 6) is 0.758. The van der Waals surface area contributed by atoms with Gasteiger partial charge in [0.05, 0.1) is 32.8 Å². The Morgan fingerprint density at radius 3 is 2.85 bits per heavy atom. The van der Waals surface area contributed by atoms with Gasteiger partial charge in [-0.05, 0) is 48.9 Å². The number of nitrogens with one attached hydrogen (secondary N) is 2. The molecule has 9 heteroatoms. The third-order valence-electron chi connectivity index (χ3n) is 5.66. The van der Waals surface area contributed by atoms with Gasteiger partial charge in [-0.2, -0.15) is 0 Å². The lowest BCUT2D eigenvalue weighted by Gasteiger charge is -2.21. The number of nitrogens with zero attached hydrogens (tertiary/aromatic N) is 2. The summed E-state index contributed by atoms with van der Waals surface area (Å²) in [6.07, 6.45) is 0. The maximum absolute atomic E-state index is 13.1. The highest BCUT2D eigenvalue weighted by molar-refractivity contribution is 6.43. The van der Waals surface area contributed by atoms with Crippen LogP contribution in [0.3, 0.4) is 0 Å². The largest absolute Gasteiger partial charge is 0.482 e. The van der Waals surface area contributed by atoms with Gasteiger partial charge in [0.15, 0.2) is 6.61 Å². The van der Waals surface area contributed by atoms with E-state index in [-0.39, 0.29) is 31.0 Å². The second-order valence-electron chi connectivity index (χ2n) is 7.99. The summed E-state index contributed by atoms with van der Waals surface area (Å²) in [4.78, 5) is 29.4. The Hall–Kier alpha value is -3.55. The highest BCUT2D eigenvalue weighted by Gasteiger charge is 2.21. The maximum atomic E-state index is 13.1. The van der Waals surface area contributed by atoms with Crippen LogP contribution in [-0.2, 0) is 16.1 Å². The summed E-state index contributed by atoms with van der Waals surface area (Å²) >= 11 is 12.7. The minimum Gasteiger partial charge on any atom is -0.482 e. The van der Waals surface area contributed by atoms with Crippen LogP contribution < -0.4 is 15.4 Å². The quantitative estimate of drug-likeness (QED) is 0.398. The van der Waals surface area contributed by atoms with Crippen molar-refractivity contribution in [3.8, 4) is 17.1 Å². The molecule has 0 fully saturated rings. The van der Waals surface area contributed by atoms with E-state index in [4.69, 9.17) is 32.9 Å². The summed E-state index contributed by atoms with van der Waals surface area (Å²) in [5, 5.41) is 6.61. The first-order valence-corrected chi connectivity index (χ1v) is 11.4. The van der Waals surface area contributed by atoms with Crippen molar-refractivity contribution < 1.29 is 14.3 Å². The van der Waals surface area contributed by atoms with Crippen molar-refractivity contribution in [1.29, 1.82) is 0 Å². The third kappa shape index (κ3) is 4.20. The van der Waals surface area contributed by atoms with Gasteiger partial charge < -0.3 is 19.9 Å². The van der Waals surface area contributed by atoms with Crippen LogP contribution in [0.1, 0.15) is 18.5 Å². The normalized spacial score (nSPS) is 13.7. The number of hydrogen-bond acceptors (Lipinski definition) is 4. The Kier molecular flexibility index (Phi) is 5.89. The summed E-state index contributed by atoms with van der Waals surface area (Å²) in [7, 11) is 0. The number of carbonyl (C=O) groups excluding carboxylic acids is 2. The molecule has 0 saturated heterocycles. The molecular formula is C25H20Cl2N4O3. The first kappa shape index (κ1) is 22.3. The van der Waals surface area contributed by atoms with E-state index in [1.165, 1.54) is 0 Å². The molecule has 0 radical (unpaired) electrons. The van der Waals surface area contributed by atoms with E-state index in [1.807, 2.05) is 47.9 Å². The first-order chi connectivity index (χ1) is 16.4. The summed E-state index contributed by atoms with van der Waals surface area (Å²) < 4.78 is 7.24. The average Bonchev–Trinajstić information content (AvgIpc) is 3.18.